The zero-order valence-corrected chi connectivity index (χ0v) is 8.67. The first kappa shape index (κ1) is 8.88. The number of hydrazone groups is 1. The average Bonchev–Trinajstić information content (AvgIpc) is 2.45. The molecular formula is C10H18N3+. The number of hydrogen-bond donors (Lipinski definition) is 1. The number of rotatable bonds is 0. The molecule has 0 aliphatic carbocycles. The van der Waals surface area contributed by atoms with Crippen LogP contribution in [0.15, 0.2) is 5.10 Å². The van der Waals surface area contributed by atoms with Gasteiger partial charge in [0.1, 0.15) is 0 Å². The van der Waals surface area contributed by atoms with Gasteiger partial charge in [0.15, 0.2) is 5.54 Å². The molecule has 2 aliphatic rings. The Balaban J connectivity index is 2.31. The van der Waals surface area contributed by atoms with Gasteiger partial charge in [0, 0.05) is 20.8 Å². The van der Waals surface area contributed by atoms with Crippen molar-refractivity contribution in [1.29, 1.82) is 0 Å². The monoisotopic (exact) mass is 180 g/mol. The van der Waals surface area contributed by atoms with Crippen molar-refractivity contribution >= 4 is 11.9 Å². The van der Waals surface area contributed by atoms with E-state index in [1.165, 1.54) is 12.1 Å². The Labute approximate surface area is 79.5 Å². The lowest BCUT2D eigenvalue weighted by Gasteiger charge is -2.18. The molecule has 0 radical (unpaired) electrons. The first-order valence-electron chi connectivity index (χ1n) is 5.00. The summed E-state index contributed by atoms with van der Waals surface area (Å²) in [5.74, 6) is 0.598. The number of piperidine rings is 1. The molecule has 1 N–H and O–H groups in total. The topological polar surface area (TPSA) is 27.4 Å². The third-order valence-corrected chi connectivity index (χ3v) is 2.64. The van der Waals surface area contributed by atoms with E-state index in [2.05, 4.69) is 42.1 Å². The molecule has 1 fully saturated rings. The van der Waals surface area contributed by atoms with Gasteiger partial charge in [-0.05, 0) is 18.1 Å². The van der Waals surface area contributed by atoms with Crippen LogP contribution in [0, 0.1) is 5.92 Å². The van der Waals surface area contributed by atoms with E-state index in [-0.39, 0.29) is 5.54 Å². The fourth-order valence-corrected chi connectivity index (χ4v) is 1.99. The molecule has 0 saturated carbocycles. The van der Waals surface area contributed by atoms with E-state index in [9.17, 15) is 0 Å². The number of nitrogens with one attached hydrogen (secondary N) is 1. The summed E-state index contributed by atoms with van der Waals surface area (Å²) in [4.78, 5) is 0. The largest absolute Gasteiger partial charge is 0.308 e. The highest BCUT2D eigenvalue weighted by Crippen LogP contribution is 2.19. The molecule has 3 heteroatoms. The molecule has 0 spiro atoms. The molecule has 0 amide bonds. The second kappa shape index (κ2) is 2.91. The molecule has 2 aliphatic heterocycles. The summed E-state index contributed by atoms with van der Waals surface area (Å²) < 4.78 is 2.17. The molecule has 0 aromatic heterocycles. The zero-order chi connectivity index (χ0) is 9.47. The van der Waals surface area contributed by atoms with Gasteiger partial charge in [-0.2, -0.15) is 0 Å². The highest BCUT2D eigenvalue weighted by Gasteiger charge is 2.38. The third kappa shape index (κ3) is 1.53. The Morgan fingerprint density at radius 1 is 1.54 bits per heavy atom. The minimum absolute atomic E-state index is 0.125. The fourth-order valence-electron chi connectivity index (χ4n) is 1.99. The third-order valence-electron chi connectivity index (χ3n) is 2.64. The molecule has 1 unspecified atom stereocenters. The SMILES string of the molecule is CC(C)(C)[N+]1=C2CNCCC2C=N1. The van der Waals surface area contributed by atoms with Crippen LogP contribution in [0.1, 0.15) is 27.2 Å². The predicted octanol–water partition coefficient (Wildman–Crippen LogP) is 0.847. The minimum Gasteiger partial charge on any atom is -0.308 e. The molecule has 0 aromatic rings. The molecular weight excluding hydrogens is 162 g/mol. The normalized spacial score (nSPS) is 28.1. The molecule has 1 atom stereocenters. The Kier molecular flexibility index (Phi) is 1.99. The fraction of sp³-hybridized carbons (Fsp3) is 0.800. The number of fused-ring (bicyclic) bond motifs is 1. The summed E-state index contributed by atoms with van der Waals surface area (Å²) in [5.41, 5.74) is 1.57. The van der Waals surface area contributed by atoms with E-state index in [4.69, 9.17) is 0 Å². The van der Waals surface area contributed by atoms with Gasteiger partial charge >= 0.3 is 0 Å². The van der Waals surface area contributed by atoms with Crippen LogP contribution in [-0.4, -0.2) is 35.2 Å². The Bertz CT molecular complexity index is 270. The van der Waals surface area contributed by atoms with Gasteiger partial charge in [-0.1, -0.05) is 4.68 Å². The molecule has 13 heavy (non-hydrogen) atoms. The lowest BCUT2D eigenvalue weighted by atomic mass is 9.97. The minimum atomic E-state index is 0.125. The van der Waals surface area contributed by atoms with E-state index in [1.807, 2.05) is 0 Å². The van der Waals surface area contributed by atoms with E-state index in [0.717, 1.165) is 13.1 Å². The summed E-state index contributed by atoms with van der Waals surface area (Å²) in [6.07, 6.45) is 3.30. The van der Waals surface area contributed by atoms with Gasteiger partial charge in [0.25, 0.3) is 0 Å². The van der Waals surface area contributed by atoms with Crippen LogP contribution < -0.4 is 5.32 Å². The first-order chi connectivity index (χ1) is 6.09. The van der Waals surface area contributed by atoms with Gasteiger partial charge in [-0.25, -0.2) is 0 Å². The van der Waals surface area contributed by atoms with Crippen molar-refractivity contribution in [2.45, 2.75) is 32.7 Å². The molecule has 1 saturated heterocycles. The maximum atomic E-state index is 4.48. The summed E-state index contributed by atoms with van der Waals surface area (Å²) in [5, 5.41) is 7.88. The van der Waals surface area contributed by atoms with Crippen molar-refractivity contribution < 1.29 is 4.68 Å². The molecule has 2 rings (SSSR count). The molecule has 72 valence electrons. The second-order valence-corrected chi connectivity index (χ2v) is 4.81. The van der Waals surface area contributed by atoms with E-state index in [1.54, 1.807) is 0 Å². The molecule has 2 heterocycles. The van der Waals surface area contributed by atoms with Crippen molar-refractivity contribution in [1.82, 2.24) is 5.32 Å². The standard InChI is InChI=1S/C10H18N3/c1-10(2,3)13-9-7-11-5-4-8(9)6-12-13/h6,8,11H,4-5,7H2,1-3H3/q+1. The molecule has 0 bridgehead atoms. The van der Waals surface area contributed by atoms with Crippen molar-refractivity contribution in [2.75, 3.05) is 13.1 Å². The number of nitrogens with zero attached hydrogens (tertiary/aromatic N) is 2. The second-order valence-electron chi connectivity index (χ2n) is 4.81. The maximum absolute atomic E-state index is 4.48. The van der Waals surface area contributed by atoms with Crippen LogP contribution in [0.4, 0.5) is 0 Å². The Morgan fingerprint density at radius 3 is 3.00 bits per heavy atom. The van der Waals surface area contributed by atoms with Gasteiger partial charge in [-0.15, -0.1) is 0 Å². The van der Waals surface area contributed by atoms with Crippen LogP contribution >= 0.6 is 0 Å². The smallest absolute Gasteiger partial charge is 0.208 e. The van der Waals surface area contributed by atoms with Crippen LogP contribution in [0.3, 0.4) is 0 Å². The van der Waals surface area contributed by atoms with Gasteiger partial charge in [0.2, 0.25) is 5.71 Å². The lowest BCUT2D eigenvalue weighted by molar-refractivity contribution is -0.600. The van der Waals surface area contributed by atoms with Crippen LogP contribution in [0.25, 0.3) is 0 Å². The summed E-state index contributed by atoms with van der Waals surface area (Å²) in [7, 11) is 0. The van der Waals surface area contributed by atoms with Crippen LogP contribution in [0.2, 0.25) is 0 Å². The summed E-state index contributed by atoms with van der Waals surface area (Å²) in [6, 6.07) is 0. The van der Waals surface area contributed by atoms with Crippen LogP contribution in [-0.2, 0) is 0 Å². The van der Waals surface area contributed by atoms with Gasteiger partial charge in [-0.3, -0.25) is 0 Å². The Morgan fingerprint density at radius 2 is 2.31 bits per heavy atom. The lowest BCUT2D eigenvalue weighted by Crippen LogP contribution is -2.43. The van der Waals surface area contributed by atoms with E-state index < -0.39 is 0 Å². The first-order valence-corrected chi connectivity index (χ1v) is 5.00. The summed E-state index contributed by atoms with van der Waals surface area (Å²) in [6.45, 7) is 8.73. The Hall–Kier alpha value is -0.700. The average molecular weight is 180 g/mol. The van der Waals surface area contributed by atoms with Crippen LogP contribution in [0.5, 0.6) is 0 Å². The van der Waals surface area contributed by atoms with Crippen molar-refractivity contribution in [3.05, 3.63) is 0 Å². The van der Waals surface area contributed by atoms with Crippen molar-refractivity contribution in [3.8, 4) is 0 Å². The maximum Gasteiger partial charge on any atom is 0.208 e. The molecule has 3 nitrogen and oxygen atoms in total. The molecule has 0 aromatic carbocycles. The van der Waals surface area contributed by atoms with Gasteiger partial charge in [0.05, 0.1) is 18.7 Å². The quantitative estimate of drug-likeness (QED) is 0.550. The zero-order valence-electron chi connectivity index (χ0n) is 8.67. The predicted molar refractivity (Wildman–Crippen MR) is 54.5 cm³/mol. The van der Waals surface area contributed by atoms with Crippen molar-refractivity contribution in [2.24, 2.45) is 11.0 Å². The van der Waals surface area contributed by atoms with E-state index in [0.29, 0.717) is 5.92 Å². The highest BCUT2D eigenvalue weighted by molar-refractivity contribution is 5.99. The number of hydrogen-bond acceptors (Lipinski definition) is 2. The van der Waals surface area contributed by atoms with E-state index >= 15 is 0 Å². The summed E-state index contributed by atoms with van der Waals surface area (Å²) >= 11 is 0. The highest BCUT2D eigenvalue weighted by atomic mass is 15.4. The van der Waals surface area contributed by atoms with Crippen molar-refractivity contribution in [3.63, 3.8) is 0 Å². The van der Waals surface area contributed by atoms with Gasteiger partial charge < -0.3 is 5.32 Å².